The number of benzene rings is 1. The van der Waals surface area contributed by atoms with Crippen molar-refractivity contribution >= 4 is 35.1 Å². The summed E-state index contributed by atoms with van der Waals surface area (Å²) >= 11 is 1.27. The Bertz CT molecular complexity index is 612. The molecule has 0 spiro atoms. The lowest BCUT2D eigenvalue weighted by Crippen LogP contribution is -2.43. The minimum atomic E-state index is -1.14. The van der Waals surface area contributed by atoms with Crippen LogP contribution < -0.4 is 5.32 Å². The third-order valence-electron chi connectivity index (χ3n) is 2.77. The van der Waals surface area contributed by atoms with Crippen LogP contribution in [0.1, 0.15) is 0 Å². The molecule has 1 aliphatic heterocycles. The fourth-order valence-electron chi connectivity index (χ4n) is 1.79. The van der Waals surface area contributed by atoms with E-state index in [2.05, 4.69) is 5.32 Å². The van der Waals surface area contributed by atoms with Crippen LogP contribution in [0.4, 0.5) is 20.6 Å². The highest BCUT2D eigenvalue weighted by Gasteiger charge is 2.34. The molecule has 1 fully saturated rings. The number of amides is 2. The fraction of sp³-hybridized carbons (Fsp3) is 0.273. The van der Waals surface area contributed by atoms with Gasteiger partial charge in [-0.2, -0.15) is 0 Å². The predicted octanol–water partition coefficient (Wildman–Crippen LogP) is 1.73. The van der Waals surface area contributed by atoms with E-state index in [-0.39, 0.29) is 17.3 Å². The van der Waals surface area contributed by atoms with Crippen molar-refractivity contribution in [2.45, 2.75) is 6.04 Å². The number of rotatable bonds is 3. The van der Waals surface area contributed by atoms with Crippen molar-refractivity contribution in [2.24, 2.45) is 0 Å². The van der Waals surface area contributed by atoms with Crippen molar-refractivity contribution in [1.82, 2.24) is 4.90 Å². The number of urea groups is 1. The number of aliphatic carboxylic acids is 1. The number of nitro benzene ring substituents is 1. The molecule has 1 aromatic rings. The Kier molecular flexibility index (Phi) is 4.26. The molecular formula is C11H10FN3O5S. The molecule has 0 aromatic heterocycles. The van der Waals surface area contributed by atoms with Gasteiger partial charge in [-0.1, -0.05) is 0 Å². The lowest BCUT2D eigenvalue weighted by atomic mass is 10.2. The molecule has 112 valence electrons. The van der Waals surface area contributed by atoms with Crippen LogP contribution in [0, 0.1) is 15.9 Å². The molecule has 1 aliphatic rings. The molecule has 1 saturated heterocycles. The van der Waals surface area contributed by atoms with Gasteiger partial charge in [-0.25, -0.2) is 14.0 Å². The molecule has 2 amide bonds. The molecule has 2 rings (SSSR count). The van der Waals surface area contributed by atoms with Crippen molar-refractivity contribution in [2.75, 3.05) is 16.9 Å². The summed E-state index contributed by atoms with van der Waals surface area (Å²) in [5, 5.41) is 21.9. The van der Waals surface area contributed by atoms with E-state index in [9.17, 15) is 24.1 Å². The maximum absolute atomic E-state index is 13.3. The first-order valence-corrected chi connectivity index (χ1v) is 6.87. The molecule has 0 radical (unpaired) electrons. The van der Waals surface area contributed by atoms with E-state index in [1.807, 2.05) is 0 Å². The quantitative estimate of drug-likeness (QED) is 0.648. The number of nitro groups is 1. The Labute approximate surface area is 122 Å². The van der Waals surface area contributed by atoms with Gasteiger partial charge >= 0.3 is 12.0 Å². The zero-order valence-electron chi connectivity index (χ0n) is 10.5. The molecule has 1 aromatic carbocycles. The number of anilines is 1. The second-order valence-electron chi connectivity index (χ2n) is 4.21. The maximum atomic E-state index is 13.3. The molecular weight excluding hydrogens is 305 g/mol. The third-order valence-corrected chi connectivity index (χ3v) is 3.79. The number of carboxylic acids is 1. The van der Waals surface area contributed by atoms with Crippen LogP contribution in [-0.4, -0.2) is 44.6 Å². The molecule has 10 heteroatoms. The number of thioether (sulfide) groups is 1. The SMILES string of the molecule is O=C(O)[C@@H]1CSCN1C(=O)Nc1cc(F)cc([N+](=O)[O-])c1. The van der Waals surface area contributed by atoms with Crippen molar-refractivity contribution in [3.8, 4) is 0 Å². The van der Waals surface area contributed by atoms with E-state index in [4.69, 9.17) is 5.11 Å². The number of non-ortho nitro benzene ring substituents is 1. The summed E-state index contributed by atoms with van der Waals surface area (Å²) in [4.78, 5) is 33.9. The maximum Gasteiger partial charge on any atom is 0.327 e. The number of carbonyl (C=O) groups is 2. The Morgan fingerprint density at radius 2 is 2.19 bits per heavy atom. The van der Waals surface area contributed by atoms with Gasteiger partial charge in [0.05, 0.1) is 22.6 Å². The molecule has 1 heterocycles. The predicted molar refractivity (Wildman–Crippen MR) is 72.7 cm³/mol. The van der Waals surface area contributed by atoms with Crippen LogP contribution >= 0.6 is 11.8 Å². The summed E-state index contributed by atoms with van der Waals surface area (Å²) in [6, 6.07) is 0.927. The highest BCUT2D eigenvalue weighted by molar-refractivity contribution is 7.99. The fourth-order valence-corrected chi connectivity index (χ4v) is 2.94. The van der Waals surface area contributed by atoms with Crippen LogP contribution in [-0.2, 0) is 4.79 Å². The average Bonchev–Trinajstić information content (AvgIpc) is 2.87. The summed E-state index contributed by atoms with van der Waals surface area (Å²) < 4.78 is 13.3. The molecule has 0 saturated carbocycles. The first-order chi connectivity index (χ1) is 9.88. The van der Waals surface area contributed by atoms with Gasteiger partial charge in [0.15, 0.2) is 0 Å². The van der Waals surface area contributed by atoms with Gasteiger partial charge in [0.25, 0.3) is 5.69 Å². The van der Waals surface area contributed by atoms with E-state index >= 15 is 0 Å². The van der Waals surface area contributed by atoms with Gasteiger partial charge in [0.2, 0.25) is 0 Å². The summed E-state index contributed by atoms with van der Waals surface area (Å²) in [7, 11) is 0. The largest absolute Gasteiger partial charge is 0.480 e. The molecule has 0 bridgehead atoms. The summed E-state index contributed by atoms with van der Waals surface area (Å²) in [5.41, 5.74) is -0.608. The summed E-state index contributed by atoms with van der Waals surface area (Å²) in [5.74, 6) is -1.57. The van der Waals surface area contributed by atoms with Gasteiger partial charge < -0.3 is 15.3 Å². The number of nitrogens with zero attached hydrogens (tertiary/aromatic N) is 2. The van der Waals surface area contributed by atoms with E-state index in [1.165, 1.54) is 11.8 Å². The van der Waals surface area contributed by atoms with Crippen LogP contribution in [0.3, 0.4) is 0 Å². The van der Waals surface area contributed by atoms with Crippen LogP contribution in [0.2, 0.25) is 0 Å². The number of hydrogen-bond acceptors (Lipinski definition) is 5. The molecule has 0 aliphatic carbocycles. The Morgan fingerprint density at radius 3 is 2.81 bits per heavy atom. The van der Waals surface area contributed by atoms with Crippen molar-refractivity contribution in [3.63, 3.8) is 0 Å². The van der Waals surface area contributed by atoms with E-state index < -0.39 is 34.5 Å². The lowest BCUT2D eigenvalue weighted by molar-refractivity contribution is -0.385. The summed E-state index contributed by atoms with van der Waals surface area (Å²) in [6.45, 7) is 0. The number of hydrogen-bond donors (Lipinski definition) is 2. The Balaban J connectivity index is 2.16. The van der Waals surface area contributed by atoms with Gasteiger partial charge in [-0.15, -0.1) is 11.8 Å². The monoisotopic (exact) mass is 315 g/mol. The van der Waals surface area contributed by atoms with E-state index in [0.29, 0.717) is 0 Å². The van der Waals surface area contributed by atoms with Gasteiger partial charge in [-0.05, 0) is 6.07 Å². The van der Waals surface area contributed by atoms with Gasteiger partial charge in [-0.3, -0.25) is 10.1 Å². The molecule has 0 unspecified atom stereocenters. The first-order valence-electron chi connectivity index (χ1n) is 5.71. The normalized spacial score (nSPS) is 17.6. The number of halogens is 1. The highest BCUT2D eigenvalue weighted by Crippen LogP contribution is 2.24. The highest BCUT2D eigenvalue weighted by atomic mass is 32.2. The molecule has 1 atom stereocenters. The number of carbonyl (C=O) groups excluding carboxylic acids is 1. The van der Waals surface area contributed by atoms with Crippen LogP contribution in [0.25, 0.3) is 0 Å². The van der Waals surface area contributed by atoms with Crippen LogP contribution in [0.5, 0.6) is 0 Å². The second kappa shape index (κ2) is 5.95. The van der Waals surface area contributed by atoms with Gasteiger partial charge in [0, 0.05) is 11.8 Å². The smallest absolute Gasteiger partial charge is 0.327 e. The Morgan fingerprint density at radius 1 is 1.48 bits per heavy atom. The van der Waals surface area contributed by atoms with Crippen LogP contribution in [0.15, 0.2) is 18.2 Å². The topological polar surface area (TPSA) is 113 Å². The van der Waals surface area contributed by atoms with E-state index in [1.54, 1.807) is 0 Å². The van der Waals surface area contributed by atoms with E-state index in [0.717, 1.165) is 23.1 Å². The van der Waals surface area contributed by atoms with Crippen molar-refractivity contribution in [3.05, 3.63) is 34.1 Å². The number of carboxylic acid groups (broad SMARTS) is 1. The first kappa shape index (κ1) is 15.0. The third kappa shape index (κ3) is 3.40. The number of nitrogens with one attached hydrogen (secondary N) is 1. The summed E-state index contributed by atoms with van der Waals surface area (Å²) in [6.07, 6.45) is 0. The minimum Gasteiger partial charge on any atom is -0.480 e. The standard InChI is InChI=1S/C11H10FN3O5S/c12-6-1-7(3-8(2-6)15(19)20)13-11(18)14-5-21-4-9(14)10(16)17/h1-3,9H,4-5H2,(H,13,18)(H,16,17)/t9-/m0/s1. The zero-order valence-corrected chi connectivity index (χ0v) is 11.3. The Hall–Kier alpha value is -2.36. The zero-order chi connectivity index (χ0) is 15.6. The minimum absolute atomic E-state index is 0.104. The van der Waals surface area contributed by atoms with Crippen molar-refractivity contribution in [1.29, 1.82) is 0 Å². The lowest BCUT2D eigenvalue weighted by Gasteiger charge is -2.20. The average molecular weight is 315 g/mol. The van der Waals surface area contributed by atoms with Crippen molar-refractivity contribution < 1.29 is 24.0 Å². The van der Waals surface area contributed by atoms with Gasteiger partial charge in [0.1, 0.15) is 11.9 Å². The molecule has 8 nitrogen and oxygen atoms in total. The molecule has 21 heavy (non-hydrogen) atoms. The second-order valence-corrected chi connectivity index (χ2v) is 5.21. The molecule has 2 N–H and O–H groups in total.